The molecule has 4 heteroatoms. The van der Waals surface area contributed by atoms with Gasteiger partial charge in [-0.15, -0.1) is 0 Å². The van der Waals surface area contributed by atoms with Crippen molar-refractivity contribution in [3.63, 3.8) is 0 Å². The molecule has 1 aliphatic carbocycles. The molecular formula is C10H10ClNO2. The van der Waals surface area contributed by atoms with E-state index in [2.05, 4.69) is 0 Å². The Morgan fingerprint density at radius 2 is 2.29 bits per heavy atom. The first-order valence-corrected chi connectivity index (χ1v) is 4.94. The van der Waals surface area contributed by atoms with Gasteiger partial charge in [0.2, 0.25) is 0 Å². The SMILES string of the molecule is O=Cc1c(Cl)ccn(CC2CC2)c1=O. The van der Waals surface area contributed by atoms with E-state index in [0.717, 1.165) is 0 Å². The number of nitrogens with zero attached hydrogens (tertiary/aromatic N) is 1. The minimum atomic E-state index is -0.278. The van der Waals surface area contributed by atoms with Crippen LogP contribution >= 0.6 is 11.6 Å². The van der Waals surface area contributed by atoms with Crippen molar-refractivity contribution < 1.29 is 4.79 Å². The second-order valence-electron chi connectivity index (χ2n) is 3.60. The molecule has 1 saturated carbocycles. The van der Waals surface area contributed by atoms with Crippen molar-refractivity contribution in [2.45, 2.75) is 19.4 Å². The van der Waals surface area contributed by atoms with Gasteiger partial charge in [-0.2, -0.15) is 0 Å². The zero-order valence-corrected chi connectivity index (χ0v) is 8.33. The molecule has 3 nitrogen and oxygen atoms in total. The molecule has 0 unspecified atom stereocenters. The molecule has 2 rings (SSSR count). The van der Waals surface area contributed by atoms with Crippen LogP contribution in [0.1, 0.15) is 23.2 Å². The molecule has 1 aliphatic rings. The molecule has 0 aromatic carbocycles. The molecule has 0 saturated heterocycles. The molecule has 0 spiro atoms. The lowest BCUT2D eigenvalue weighted by Crippen LogP contribution is -2.23. The predicted octanol–water partition coefficient (Wildman–Crippen LogP) is 1.72. The topological polar surface area (TPSA) is 39.1 Å². The number of carbonyl (C=O) groups is 1. The Morgan fingerprint density at radius 1 is 1.57 bits per heavy atom. The van der Waals surface area contributed by atoms with Gasteiger partial charge in [0.05, 0.1) is 10.6 Å². The maximum absolute atomic E-state index is 11.6. The maximum atomic E-state index is 11.6. The van der Waals surface area contributed by atoms with Crippen molar-refractivity contribution in [3.05, 3.63) is 33.2 Å². The highest BCUT2D eigenvalue weighted by Gasteiger charge is 2.22. The average Bonchev–Trinajstić information content (AvgIpc) is 2.95. The van der Waals surface area contributed by atoms with E-state index in [4.69, 9.17) is 11.6 Å². The zero-order valence-electron chi connectivity index (χ0n) is 7.57. The van der Waals surface area contributed by atoms with Crippen molar-refractivity contribution >= 4 is 17.9 Å². The largest absolute Gasteiger partial charge is 0.315 e. The lowest BCUT2D eigenvalue weighted by molar-refractivity contribution is 0.112. The quantitative estimate of drug-likeness (QED) is 0.715. The fourth-order valence-corrected chi connectivity index (χ4v) is 1.58. The predicted molar refractivity (Wildman–Crippen MR) is 53.8 cm³/mol. The van der Waals surface area contributed by atoms with Crippen LogP contribution in [-0.4, -0.2) is 10.9 Å². The number of carbonyl (C=O) groups excluding carboxylic acids is 1. The van der Waals surface area contributed by atoms with Crippen molar-refractivity contribution in [2.75, 3.05) is 0 Å². The van der Waals surface area contributed by atoms with E-state index in [1.54, 1.807) is 16.8 Å². The van der Waals surface area contributed by atoms with Gasteiger partial charge in [0, 0.05) is 12.7 Å². The smallest absolute Gasteiger partial charge is 0.262 e. The highest BCUT2D eigenvalue weighted by atomic mass is 35.5. The molecule has 0 atom stereocenters. The van der Waals surface area contributed by atoms with Crippen LogP contribution in [0.2, 0.25) is 5.02 Å². The Morgan fingerprint density at radius 3 is 2.86 bits per heavy atom. The van der Waals surface area contributed by atoms with Crippen LogP contribution in [0.5, 0.6) is 0 Å². The monoisotopic (exact) mass is 211 g/mol. The summed E-state index contributed by atoms with van der Waals surface area (Å²) in [5.41, 5.74) is -0.214. The normalized spacial score (nSPS) is 15.5. The molecule has 1 fully saturated rings. The van der Waals surface area contributed by atoms with Crippen LogP contribution in [0.3, 0.4) is 0 Å². The third-order valence-corrected chi connectivity index (χ3v) is 2.75. The molecule has 74 valence electrons. The maximum Gasteiger partial charge on any atom is 0.262 e. The van der Waals surface area contributed by atoms with Crippen molar-refractivity contribution in [3.8, 4) is 0 Å². The van der Waals surface area contributed by atoms with Gasteiger partial charge in [-0.1, -0.05) is 11.6 Å². The van der Waals surface area contributed by atoms with E-state index in [-0.39, 0.29) is 16.1 Å². The minimum absolute atomic E-state index is 0.0646. The third kappa shape index (κ3) is 1.73. The van der Waals surface area contributed by atoms with Crippen LogP contribution < -0.4 is 5.56 Å². The molecule has 1 aromatic rings. The summed E-state index contributed by atoms with van der Waals surface area (Å²) in [5.74, 6) is 0.605. The van der Waals surface area contributed by atoms with Gasteiger partial charge in [-0.05, 0) is 24.8 Å². The second-order valence-corrected chi connectivity index (χ2v) is 4.00. The second kappa shape index (κ2) is 3.58. The van der Waals surface area contributed by atoms with E-state index in [1.807, 2.05) is 0 Å². The van der Waals surface area contributed by atoms with Crippen LogP contribution in [-0.2, 0) is 6.54 Å². The van der Waals surface area contributed by atoms with Crippen LogP contribution in [0, 0.1) is 5.92 Å². The lowest BCUT2D eigenvalue weighted by Gasteiger charge is -2.05. The minimum Gasteiger partial charge on any atom is -0.315 e. The summed E-state index contributed by atoms with van der Waals surface area (Å²) in [5, 5.41) is 0.233. The summed E-state index contributed by atoms with van der Waals surface area (Å²) in [6.07, 6.45) is 4.51. The van der Waals surface area contributed by atoms with E-state index in [0.29, 0.717) is 18.7 Å². The van der Waals surface area contributed by atoms with E-state index >= 15 is 0 Å². The average molecular weight is 212 g/mol. The third-order valence-electron chi connectivity index (χ3n) is 2.42. The van der Waals surface area contributed by atoms with E-state index < -0.39 is 0 Å². The molecule has 0 N–H and O–H groups in total. The zero-order chi connectivity index (χ0) is 10.1. The van der Waals surface area contributed by atoms with Gasteiger partial charge in [-0.25, -0.2) is 0 Å². The molecule has 0 aliphatic heterocycles. The molecule has 1 aromatic heterocycles. The molecule has 0 bridgehead atoms. The van der Waals surface area contributed by atoms with E-state index in [9.17, 15) is 9.59 Å². The lowest BCUT2D eigenvalue weighted by atomic mass is 10.3. The number of hydrogen-bond donors (Lipinski definition) is 0. The highest BCUT2D eigenvalue weighted by Crippen LogP contribution is 2.30. The molecular weight excluding hydrogens is 202 g/mol. The van der Waals surface area contributed by atoms with Crippen molar-refractivity contribution in [1.82, 2.24) is 4.57 Å². The summed E-state index contributed by atoms with van der Waals surface area (Å²) in [7, 11) is 0. The van der Waals surface area contributed by atoms with Gasteiger partial charge in [0.25, 0.3) is 5.56 Å². The Bertz CT molecular complexity index is 421. The summed E-state index contributed by atoms with van der Waals surface area (Å²) < 4.78 is 1.56. The van der Waals surface area contributed by atoms with Crippen LogP contribution in [0.15, 0.2) is 17.1 Å². The molecule has 0 amide bonds. The number of halogens is 1. The van der Waals surface area contributed by atoms with Gasteiger partial charge in [0.15, 0.2) is 6.29 Å². The first-order chi connectivity index (χ1) is 6.72. The fourth-order valence-electron chi connectivity index (χ4n) is 1.40. The number of pyridine rings is 1. The van der Waals surface area contributed by atoms with Gasteiger partial charge in [0.1, 0.15) is 0 Å². The fraction of sp³-hybridized carbons (Fsp3) is 0.400. The van der Waals surface area contributed by atoms with Gasteiger partial charge >= 0.3 is 0 Å². The first kappa shape index (κ1) is 9.46. The molecule has 0 radical (unpaired) electrons. The Balaban J connectivity index is 2.40. The summed E-state index contributed by atoms with van der Waals surface area (Å²) in [6, 6.07) is 1.59. The van der Waals surface area contributed by atoms with Crippen LogP contribution in [0.25, 0.3) is 0 Å². The Hall–Kier alpha value is -1.09. The van der Waals surface area contributed by atoms with Crippen LogP contribution in [0.4, 0.5) is 0 Å². The number of rotatable bonds is 3. The number of aldehydes is 1. The first-order valence-electron chi connectivity index (χ1n) is 4.56. The molecule has 14 heavy (non-hydrogen) atoms. The standard InChI is InChI=1S/C10H10ClNO2/c11-9-3-4-12(5-7-1-2-7)10(14)8(9)6-13/h3-4,6-7H,1-2,5H2. The number of aromatic nitrogens is 1. The number of hydrogen-bond acceptors (Lipinski definition) is 2. The van der Waals surface area contributed by atoms with Gasteiger partial charge < -0.3 is 4.57 Å². The highest BCUT2D eigenvalue weighted by molar-refractivity contribution is 6.32. The van der Waals surface area contributed by atoms with Crippen molar-refractivity contribution in [2.24, 2.45) is 5.92 Å². The summed E-state index contributed by atoms with van der Waals surface area (Å²) in [4.78, 5) is 22.2. The molecule has 1 heterocycles. The summed E-state index contributed by atoms with van der Waals surface area (Å²) >= 11 is 5.71. The van der Waals surface area contributed by atoms with Gasteiger partial charge in [-0.3, -0.25) is 9.59 Å². The summed E-state index contributed by atoms with van der Waals surface area (Å²) in [6.45, 7) is 0.705. The van der Waals surface area contributed by atoms with Crippen molar-refractivity contribution in [1.29, 1.82) is 0 Å². The van der Waals surface area contributed by atoms with E-state index in [1.165, 1.54) is 12.8 Å². The Labute approximate surface area is 86.3 Å². The Kier molecular flexibility index (Phi) is 2.42.